The van der Waals surface area contributed by atoms with Crippen LogP contribution >= 0.6 is 0 Å². The van der Waals surface area contributed by atoms with Gasteiger partial charge in [0.15, 0.2) is 0 Å². The van der Waals surface area contributed by atoms with Gasteiger partial charge in [-0.05, 0) is 42.7 Å². The largest absolute Gasteiger partial charge is 0.338 e. The van der Waals surface area contributed by atoms with Gasteiger partial charge in [0.05, 0.1) is 5.69 Å². The first-order valence-corrected chi connectivity index (χ1v) is 7.34. The van der Waals surface area contributed by atoms with E-state index in [-0.39, 0.29) is 17.1 Å². The van der Waals surface area contributed by atoms with Crippen molar-refractivity contribution in [1.29, 1.82) is 0 Å². The topological polar surface area (TPSA) is 44.4 Å². The van der Waals surface area contributed by atoms with E-state index in [1.54, 1.807) is 5.01 Å². The Balaban J connectivity index is 1.86. The highest BCUT2D eigenvalue weighted by molar-refractivity contribution is 5.93. The van der Waals surface area contributed by atoms with Crippen LogP contribution in [0.2, 0.25) is 0 Å². The van der Waals surface area contributed by atoms with Gasteiger partial charge in [0.25, 0.3) is 0 Å². The normalized spacial score (nSPS) is 32.5. The van der Waals surface area contributed by atoms with Gasteiger partial charge in [0, 0.05) is 0 Å². The molecule has 2 amide bonds. The number of benzene rings is 1. The molecular formula is C16H23N3O. The third-order valence-electron chi connectivity index (χ3n) is 4.27. The van der Waals surface area contributed by atoms with Gasteiger partial charge < -0.3 is 5.32 Å². The van der Waals surface area contributed by atoms with Crippen molar-refractivity contribution in [2.75, 3.05) is 5.01 Å². The number of urea groups is 1. The fourth-order valence-electron chi connectivity index (χ4n) is 4.06. The lowest BCUT2D eigenvalue weighted by Gasteiger charge is -2.45. The molecule has 0 aromatic heterocycles. The molecule has 1 saturated carbocycles. The summed E-state index contributed by atoms with van der Waals surface area (Å²) in [5.74, 6) is 0.599. The van der Waals surface area contributed by atoms with Gasteiger partial charge in [-0.15, -0.1) is 0 Å². The predicted octanol–water partition coefficient (Wildman–Crippen LogP) is 3.26. The Morgan fingerprint density at radius 1 is 1.20 bits per heavy atom. The first-order valence-electron chi connectivity index (χ1n) is 7.34. The summed E-state index contributed by atoms with van der Waals surface area (Å²) in [6.07, 6.45) is 3.14. The Labute approximate surface area is 120 Å². The molecule has 1 heterocycles. The molecule has 1 aliphatic carbocycles. The number of para-hydroxylation sites is 1. The lowest BCUT2D eigenvalue weighted by Crippen LogP contribution is -2.57. The molecule has 1 aliphatic heterocycles. The Kier molecular flexibility index (Phi) is 3.01. The average molecular weight is 273 g/mol. The molecule has 0 bridgehead atoms. The van der Waals surface area contributed by atoms with Crippen molar-refractivity contribution in [3.8, 4) is 0 Å². The minimum Gasteiger partial charge on any atom is -0.317 e. The van der Waals surface area contributed by atoms with E-state index in [0.717, 1.165) is 18.5 Å². The van der Waals surface area contributed by atoms with E-state index < -0.39 is 0 Å². The number of hydrazine groups is 1. The van der Waals surface area contributed by atoms with Gasteiger partial charge >= 0.3 is 6.03 Å². The third kappa shape index (κ3) is 2.40. The Morgan fingerprint density at radius 2 is 1.90 bits per heavy atom. The van der Waals surface area contributed by atoms with Crippen LogP contribution in [0.5, 0.6) is 0 Å². The van der Waals surface area contributed by atoms with E-state index in [0.29, 0.717) is 5.92 Å². The monoisotopic (exact) mass is 273 g/mol. The Morgan fingerprint density at radius 3 is 2.55 bits per heavy atom. The van der Waals surface area contributed by atoms with Gasteiger partial charge in [-0.3, -0.25) is 0 Å². The summed E-state index contributed by atoms with van der Waals surface area (Å²) >= 11 is 0. The van der Waals surface area contributed by atoms with Crippen LogP contribution in [0.15, 0.2) is 30.3 Å². The fraction of sp³-hybridized carbons (Fsp3) is 0.562. The molecule has 2 fully saturated rings. The maximum absolute atomic E-state index is 12.3. The number of anilines is 1. The van der Waals surface area contributed by atoms with Crippen molar-refractivity contribution in [3.05, 3.63) is 30.3 Å². The summed E-state index contributed by atoms with van der Waals surface area (Å²) < 4.78 is 0. The number of carbonyl (C=O) groups excluding carboxylic acids is 1. The molecular weight excluding hydrogens is 250 g/mol. The van der Waals surface area contributed by atoms with Crippen molar-refractivity contribution in [3.63, 3.8) is 0 Å². The quantitative estimate of drug-likeness (QED) is 0.825. The molecule has 1 spiro atoms. The Bertz CT molecular complexity index is 514. The molecule has 4 nitrogen and oxygen atoms in total. The molecule has 2 N–H and O–H groups in total. The molecule has 20 heavy (non-hydrogen) atoms. The molecule has 1 saturated heterocycles. The molecule has 3 rings (SSSR count). The number of hydrogen-bond donors (Lipinski definition) is 2. The van der Waals surface area contributed by atoms with E-state index >= 15 is 0 Å². The van der Waals surface area contributed by atoms with Crippen molar-refractivity contribution in [2.24, 2.45) is 11.3 Å². The lowest BCUT2D eigenvalue weighted by molar-refractivity contribution is 0.0812. The summed E-state index contributed by atoms with van der Waals surface area (Å²) in [5.41, 5.74) is 4.26. The maximum Gasteiger partial charge on any atom is 0.338 e. The van der Waals surface area contributed by atoms with Gasteiger partial charge in [0.2, 0.25) is 0 Å². The number of nitrogens with zero attached hydrogens (tertiary/aromatic N) is 1. The van der Waals surface area contributed by atoms with Gasteiger partial charge in [-0.2, -0.15) is 0 Å². The first-order chi connectivity index (χ1) is 9.39. The number of carbonyl (C=O) groups is 1. The first kappa shape index (κ1) is 13.4. The molecule has 0 unspecified atom stereocenters. The SMILES string of the molecule is C[C@@H]1CC(C)(C)C[C@@]2(C1)NC(=O)N(c1ccccc1)N2. The molecule has 108 valence electrons. The van der Waals surface area contributed by atoms with E-state index in [1.807, 2.05) is 30.3 Å². The highest BCUT2D eigenvalue weighted by atomic mass is 16.2. The standard InChI is InChI=1S/C16H23N3O/c1-12-9-15(2,3)11-16(10-12)17-14(20)19(18-16)13-7-5-4-6-8-13/h4-8,12,18H,9-11H2,1-3H3,(H,17,20)/t12-,16+/m1/s1. The van der Waals surface area contributed by atoms with Crippen molar-refractivity contribution in [2.45, 2.75) is 45.7 Å². The highest BCUT2D eigenvalue weighted by Gasteiger charge is 2.49. The molecule has 4 heteroatoms. The van der Waals surface area contributed by atoms with Crippen molar-refractivity contribution in [1.82, 2.24) is 10.7 Å². The summed E-state index contributed by atoms with van der Waals surface area (Å²) in [6, 6.07) is 9.69. The van der Waals surface area contributed by atoms with Crippen molar-refractivity contribution < 1.29 is 4.79 Å². The van der Waals surface area contributed by atoms with Crippen LogP contribution in [0.3, 0.4) is 0 Å². The fourth-order valence-corrected chi connectivity index (χ4v) is 4.06. The summed E-state index contributed by atoms with van der Waals surface area (Å²) in [4.78, 5) is 12.3. The van der Waals surface area contributed by atoms with Crippen LogP contribution in [0.1, 0.15) is 40.0 Å². The molecule has 1 aromatic carbocycles. The molecule has 0 radical (unpaired) electrons. The average Bonchev–Trinajstić information content (AvgIpc) is 2.63. The van der Waals surface area contributed by atoms with E-state index in [2.05, 4.69) is 31.5 Å². The van der Waals surface area contributed by atoms with Crippen LogP contribution in [0, 0.1) is 11.3 Å². The minimum atomic E-state index is -0.298. The summed E-state index contributed by atoms with van der Waals surface area (Å²) in [6.45, 7) is 6.83. The van der Waals surface area contributed by atoms with Crippen LogP contribution in [-0.2, 0) is 0 Å². The predicted molar refractivity (Wildman–Crippen MR) is 80.1 cm³/mol. The zero-order valence-corrected chi connectivity index (χ0v) is 12.4. The highest BCUT2D eigenvalue weighted by Crippen LogP contribution is 2.44. The summed E-state index contributed by atoms with van der Waals surface area (Å²) in [5, 5.41) is 4.83. The van der Waals surface area contributed by atoms with E-state index in [4.69, 9.17) is 0 Å². The number of rotatable bonds is 1. The van der Waals surface area contributed by atoms with Crippen molar-refractivity contribution >= 4 is 11.7 Å². The maximum atomic E-state index is 12.3. The lowest BCUT2D eigenvalue weighted by atomic mass is 9.68. The second kappa shape index (κ2) is 4.48. The van der Waals surface area contributed by atoms with Crippen LogP contribution in [0.25, 0.3) is 0 Å². The second-order valence-corrected chi connectivity index (χ2v) is 7.15. The van der Waals surface area contributed by atoms with Crippen LogP contribution in [-0.4, -0.2) is 11.7 Å². The number of amides is 2. The number of hydrogen-bond acceptors (Lipinski definition) is 2. The smallest absolute Gasteiger partial charge is 0.317 e. The van der Waals surface area contributed by atoms with Gasteiger partial charge in [-0.1, -0.05) is 39.0 Å². The van der Waals surface area contributed by atoms with Gasteiger partial charge in [-0.25, -0.2) is 15.2 Å². The number of nitrogens with one attached hydrogen (secondary N) is 2. The van der Waals surface area contributed by atoms with Crippen LogP contribution < -0.4 is 15.8 Å². The third-order valence-corrected chi connectivity index (χ3v) is 4.27. The van der Waals surface area contributed by atoms with Crippen LogP contribution in [0.4, 0.5) is 10.5 Å². The van der Waals surface area contributed by atoms with E-state index in [1.165, 1.54) is 6.42 Å². The Hall–Kier alpha value is -1.55. The molecule has 2 atom stereocenters. The molecule has 2 aliphatic rings. The summed E-state index contributed by atoms with van der Waals surface area (Å²) in [7, 11) is 0. The second-order valence-electron chi connectivity index (χ2n) is 7.15. The van der Waals surface area contributed by atoms with Gasteiger partial charge in [0.1, 0.15) is 5.66 Å². The van der Waals surface area contributed by atoms with E-state index in [9.17, 15) is 4.79 Å². The minimum absolute atomic E-state index is 0.0545. The molecule has 1 aromatic rings. The zero-order chi connectivity index (χ0) is 14.4. The zero-order valence-electron chi connectivity index (χ0n) is 12.4.